The van der Waals surface area contributed by atoms with E-state index in [0.717, 1.165) is 17.0 Å². The fraction of sp³-hybridized carbons (Fsp3) is 0.167. The van der Waals surface area contributed by atoms with Gasteiger partial charge in [-0.3, -0.25) is 14.4 Å². The van der Waals surface area contributed by atoms with Crippen molar-refractivity contribution < 1.29 is 27.6 Å². The van der Waals surface area contributed by atoms with Crippen LogP contribution in [0.15, 0.2) is 78.9 Å². The molecular weight excluding hydrogens is 457 g/mol. The number of carbonyl (C=O) groups is 2. The number of hydroxylamine groups is 1. The topological polar surface area (TPSA) is 49.9 Å². The van der Waals surface area contributed by atoms with E-state index in [0.29, 0.717) is 16.4 Å². The fourth-order valence-corrected chi connectivity index (χ4v) is 4.42. The van der Waals surface area contributed by atoms with Gasteiger partial charge < -0.3 is 0 Å². The van der Waals surface area contributed by atoms with E-state index >= 15 is 0 Å². The van der Waals surface area contributed by atoms with Gasteiger partial charge in [0.15, 0.2) is 6.10 Å². The van der Waals surface area contributed by atoms with Crippen LogP contribution in [0.25, 0.3) is 0 Å². The summed E-state index contributed by atoms with van der Waals surface area (Å²) < 4.78 is 40.2. The largest absolute Gasteiger partial charge is 0.416 e. The van der Waals surface area contributed by atoms with Crippen LogP contribution in [0.1, 0.15) is 17.2 Å². The molecule has 3 aromatic rings. The summed E-state index contributed by atoms with van der Waals surface area (Å²) in [4.78, 5) is 33.6. The van der Waals surface area contributed by atoms with Crippen LogP contribution in [0, 0.1) is 5.92 Å². The normalized spacial score (nSPS) is 22.7. The van der Waals surface area contributed by atoms with E-state index in [9.17, 15) is 22.8 Å². The molecular formula is C24H16ClF3N2O3. The summed E-state index contributed by atoms with van der Waals surface area (Å²) in [5, 5.41) is 1.80. The summed E-state index contributed by atoms with van der Waals surface area (Å²) in [5.41, 5.74) is 0.220. The van der Waals surface area contributed by atoms with Gasteiger partial charge in [0.1, 0.15) is 5.92 Å². The lowest BCUT2D eigenvalue weighted by Crippen LogP contribution is -2.37. The number of benzene rings is 3. The number of hydrogen-bond acceptors (Lipinski definition) is 4. The van der Waals surface area contributed by atoms with Crippen molar-refractivity contribution in [1.82, 2.24) is 0 Å². The fourth-order valence-electron chi connectivity index (χ4n) is 4.30. The first kappa shape index (κ1) is 21.5. The van der Waals surface area contributed by atoms with E-state index in [1.54, 1.807) is 42.5 Å². The van der Waals surface area contributed by atoms with Gasteiger partial charge in [0.2, 0.25) is 5.91 Å². The SMILES string of the molecule is O=C1[C@@H]2[C@@H](c3cccc(C(F)(F)F)c3)N(c3ccccc3)O[C@H]2C(=O)N1c1ccc(Cl)cc1. The Bertz CT molecular complexity index is 1220. The van der Waals surface area contributed by atoms with Crippen LogP contribution in [0.4, 0.5) is 24.5 Å². The number of alkyl halides is 3. The summed E-state index contributed by atoms with van der Waals surface area (Å²) >= 11 is 5.92. The Morgan fingerprint density at radius 3 is 2.18 bits per heavy atom. The lowest BCUT2D eigenvalue weighted by molar-refractivity contribution is -0.137. The number of imide groups is 1. The standard InChI is InChI=1S/C24H16ClF3N2O3/c25-16-9-11-17(12-10-16)29-22(31)19-20(14-5-4-6-15(13-14)24(26,27)28)30(33-21(19)23(29)32)18-7-2-1-3-8-18/h1-13,19-21H/t19-,20-,21-/m1/s1. The Morgan fingerprint density at radius 2 is 1.52 bits per heavy atom. The van der Waals surface area contributed by atoms with Gasteiger partial charge in [-0.15, -0.1) is 0 Å². The zero-order valence-electron chi connectivity index (χ0n) is 16.9. The van der Waals surface area contributed by atoms with Crippen molar-refractivity contribution in [2.75, 3.05) is 9.96 Å². The lowest BCUT2D eigenvalue weighted by Gasteiger charge is -2.29. The van der Waals surface area contributed by atoms with Gasteiger partial charge in [-0.05, 0) is 54.1 Å². The zero-order chi connectivity index (χ0) is 23.3. The summed E-state index contributed by atoms with van der Waals surface area (Å²) in [7, 11) is 0. The minimum Gasteiger partial charge on any atom is -0.273 e. The van der Waals surface area contributed by atoms with Crippen LogP contribution in [0.2, 0.25) is 5.02 Å². The molecule has 3 aromatic carbocycles. The van der Waals surface area contributed by atoms with Crippen molar-refractivity contribution in [3.63, 3.8) is 0 Å². The summed E-state index contributed by atoms with van der Waals surface area (Å²) in [5.74, 6) is -2.16. The second-order valence-electron chi connectivity index (χ2n) is 7.77. The lowest BCUT2D eigenvalue weighted by atomic mass is 9.89. The summed E-state index contributed by atoms with van der Waals surface area (Å²) in [6, 6.07) is 18.6. The maximum Gasteiger partial charge on any atom is 0.416 e. The quantitative estimate of drug-likeness (QED) is 0.478. The van der Waals surface area contributed by atoms with Crippen molar-refractivity contribution in [2.24, 2.45) is 5.92 Å². The highest BCUT2D eigenvalue weighted by atomic mass is 35.5. The van der Waals surface area contributed by atoms with Crippen LogP contribution in [-0.2, 0) is 20.6 Å². The number of para-hydroxylation sites is 1. The molecule has 9 heteroatoms. The molecule has 0 aliphatic carbocycles. The van der Waals surface area contributed by atoms with E-state index in [1.165, 1.54) is 29.3 Å². The van der Waals surface area contributed by atoms with Crippen molar-refractivity contribution in [3.05, 3.63) is 95.0 Å². The molecule has 0 spiro atoms. The molecule has 2 saturated heterocycles. The molecule has 2 heterocycles. The highest BCUT2D eigenvalue weighted by Gasteiger charge is 2.60. The van der Waals surface area contributed by atoms with E-state index in [4.69, 9.17) is 16.4 Å². The number of fused-ring (bicyclic) bond motifs is 1. The smallest absolute Gasteiger partial charge is 0.273 e. The molecule has 2 aliphatic heterocycles. The number of hydrogen-bond donors (Lipinski definition) is 0. The third-order valence-corrected chi connectivity index (χ3v) is 6.02. The van der Waals surface area contributed by atoms with Crippen molar-refractivity contribution in [3.8, 4) is 0 Å². The highest BCUT2D eigenvalue weighted by molar-refractivity contribution is 6.31. The molecule has 168 valence electrons. The number of anilines is 2. The predicted octanol–water partition coefficient (Wildman–Crippen LogP) is 5.41. The van der Waals surface area contributed by atoms with Crippen LogP contribution < -0.4 is 9.96 Å². The molecule has 0 radical (unpaired) electrons. The average molecular weight is 473 g/mol. The van der Waals surface area contributed by atoms with Crippen molar-refractivity contribution in [2.45, 2.75) is 18.3 Å². The molecule has 0 aromatic heterocycles. The molecule has 0 saturated carbocycles. The third kappa shape index (κ3) is 3.65. The Balaban J connectivity index is 1.60. The molecule has 5 rings (SSSR count). The van der Waals surface area contributed by atoms with E-state index in [2.05, 4.69) is 0 Å². The van der Waals surface area contributed by atoms with Crippen LogP contribution in [0.5, 0.6) is 0 Å². The second kappa shape index (κ2) is 7.90. The molecule has 0 N–H and O–H groups in total. The molecule has 5 nitrogen and oxygen atoms in total. The van der Waals surface area contributed by atoms with E-state index in [1.807, 2.05) is 0 Å². The molecule has 33 heavy (non-hydrogen) atoms. The monoisotopic (exact) mass is 472 g/mol. The van der Waals surface area contributed by atoms with Gasteiger partial charge in [0.25, 0.3) is 5.91 Å². The van der Waals surface area contributed by atoms with Gasteiger partial charge in [-0.25, -0.2) is 9.96 Å². The number of carbonyl (C=O) groups excluding carboxylic acids is 2. The first-order chi connectivity index (χ1) is 15.8. The van der Waals surface area contributed by atoms with Crippen molar-refractivity contribution in [1.29, 1.82) is 0 Å². The Labute approximate surface area is 191 Å². The minimum atomic E-state index is -4.56. The molecule has 0 bridgehead atoms. The van der Waals surface area contributed by atoms with Crippen molar-refractivity contribution >= 4 is 34.8 Å². The molecule has 2 fully saturated rings. The summed E-state index contributed by atoms with van der Waals surface area (Å²) in [6.45, 7) is 0. The zero-order valence-corrected chi connectivity index (χ0v) is 17.6. The van der Waals surface area contributed by atoms with Crippen LogP contribution >= 0.6 is 11.6 Å². The van der Waals surface area contributed by atoms with E-state index < -0.39 is 41.6 Å². The average Bonchev–Trinajstić information content (AvgIpc) is 3.31. The second-order valence-corrected chi connectivity index (χ2v) is 8.21. The van der Waals surface area contributed by atoms with Gasteiger partial charge in [0.05, 0.1) is 23.0 Å². The van der Waals surface area contributed by atoms with Gasteiger partial charge in [0, 0.05) is 5.02 Å². The third-order valence-electron chi connectivity index (χ3n) is 5.77. The number of halogens is 4. The van der Waals surface area contributed by atoms with Gasteiger partial charge >= 0.3 is 6.18 Å². The first-order valence-electron chi connectivity index (χ1n) is 10.1. The maximum absolute atomic E-state index is 13.5. The predicted molar refractivity (Wildman–Crippen MR) is 115 cm³/mol. The molecule has 0 unspecified atom stereocenters. The first-order valence-corrected chi connectivity index (χ1v) is 10.4. The number of rotatable bonds is 3. The van der Waals surface area contributed by atoms with Crippen LogP contribution in [0.3, 0.4) is 0 Å². The number of amides is 2. The van der Waals surface area contributed by atoms with Gasteiger partial charge in [-0.2, -0.15) is 13.2 Å². The summed E-state index contributed by atoms with van der Waals surface area (Å²) in [6.07, 6.45) is -5.73. The Morgan fingerprint density at radius 1 is 0.818 bits per heavy atom. The maximum atomic E-state index is 13.5. The Hall–Kier alpha value is -3.36. The van der Waals surface area contributed by atoms with Gasteiger partial charge in [-0.1, -0.05) is 41.9 Å². The Kier molecular flexibility index (Phi) is 5.14. The molecule has 2 aliphatic rings. The van der Waals surface area contributed by atoms with E-state index in [-0.39, 0.29) is 5.56 Å². The number of nitrogens with zero attached hydrogens (tertiary/aromatic N) is 2. The minimum absolute atomic E-state index is 0.222. The van der Waals surface area contributed by atoms with Crippen LogP contribution in [-0.4, -0.2) is 17.9 Å². The molecule has 2 amide bonds. The molecule has 3 atom stereocenters. The highest BCUT2D eigenvalue weighted by Crippen LogP contribution is 2.48.